The summed E-state index contributed by atoms with van der Waals surface area (Å²) in [6.07, 6.45) is 0. The molecule has 27 heavy (non-hydrogen) atoms. The van der Waals surface area contributed by atoms with Gasteiger partial charge in [0, 0.05) is 17.4 Å². The average Bonchev–Trinajstić information content (AvgIpc) is 3.26. The van der Waals surface area contributed by atoms with Gasteiger partial charge in [-0.05, 0) is 19.1 Å². The van der Waals surface area contributed by atoms with E-state index in [1.165, 1.54) is 45.0 Å². The van der Waals surface area contributed by atoms with Crippen molar-refractivity contribution in [2.24, 2.45) is 0 Å². The zero-order valence-electron chi connectivity index (χ0n) is 13.9. The molecule has 0 spiro atoms. The minimum Gasteiger partial charge on any atom is -0.296 e. The van der Waals surface area contributed by atoms with Crippen LogP contribution in [0.1, 0.15) is 21.1 Å². The zero-order chi connectivity index (χ0) is 18.8. The van der Waals surface area contributed by atoms with Gasteiger partial charge < -0.3 is 0 Å². The molecule has 1 N–H and O–H groups in total. The number of thioether (sulfide) groups is 1. The Labute approximate surface area is 165 Å². The molecule has 11 heteroatoms. The zero-order valence-corrected chi connectivity index (χ0v) is 16.4. The van der Waals surface area contributed by atoms with Crippen LogP contribution < -0.4 is 10.9 Å². The molecule has 0 radical (unpaired) electrons. The number of carbonyl (C=O) groups is 1. The Kier molecular flexibility index (Phi) is 4.97. The predicted molar refractivity (Wildman–Crippen MR) is 106 cm³/mol. The van der Waals surface area contributed by atoms with Gasteiger partial charge in [0.05, 0.1) is 5.69 Å². The number of fused-ring (bicyclic) bond motifs is 1. The van der Waals surface area contributed by atoms with Gasteiger partial charge in [0.15, 0.2) is 4.34 Å². The van der Waals surface area contributed by atoms with Crippen molar-refractivity contribution in [2.45, 2.75) is 17.0 Å². The van der Waals surface area contributed by atoms with Gasteiger partial charge in [-0.1, -0.05) is 52.6 Å². The van der Waals surface area contributed by atoms with Crippen LogP contribution in [-0.4, -0.2) is 30.7 Å². The molecule has 136 valence electrons. The minimum absolute atomic E-state index is 0.201. The molecule has 0 unspecified atom stereocenters. The first kappa shape index (κ1) is 17.8. The number of aryl methyl sites for hydroxylation is 1. The minimum atomic E-state index is -0.232. The van der Waals surface area contributed by atoms with Crippen molar-refractivity contribution in [1.29, 1.82) is 0 Å². The molecular formula is C16H12N6O2S3. The van der Waals surface area contributed by atoms with E-state index in [0.29, 0.717) is 31.4 Å². The Morgan fingerprint density at radius 1 is 1.22 bits per heavy atom. The molecule has 0 bridgehead atoms. The molecule has 4 aromatic rings. The van der Waals surface area contributed by atoms with E-state index >= 15 is 0 Å². The molecule has 0 aliphatic carbocycles. The summed E-state index contributed by atoms with van der Waals surface area (Å²) in [6, 6.07) is 10.4. The standard InChI is InChI=1S/C16H12N6O2S3/c1-9-21-22-12(23)7-11(17-15(22)26-9)8-25-16-20-19-14(27-16)18-13(24)10-5-3-2-4-6-10/h2-7H,8H2,1H3,(H,18,19,24). The Morgan fingerprint density at radius 2 is 2.04 bits per heavy atom. The highest BCUT2D eigenvalue weighted by molar-refractivity contribution is 8.00. The average molecular weight is 417 g/mol. The monoisotopic (exact) mass is 416 g/mol. The van der Waals surface area contributed by atoms with Crippen LogP contribution >= 0.6 is 34.4 Å². The van der Waals surface area contributed by atoms with Crippen LogP contribution in [0.25, 0.3) is 4.96 Å². The van der Waals surface area contributed by atoms with E-state index in [9.17, 15) is 9.59 Å². The number of hydrogen-bond acceptors (Lipinski definition) is 9. The fourth-order valence-corrected chi connectivity index (χ4v) is 4.65. The summed E-state index contributed by atoms with van der Waals surface area (Å²) in [4.78, 5) is 29.2. The Hall–Kier alpha value is -2.63. The van der Waals surface area contributed by atoms with Crippen LogP contribution in [0, 0.1) is 6.92 Å². The van der Waals surface area contributed by atoms with E-state index in [0.717, 1.165) is 5.01 Å². The number of benzene rings is 1. The third-order valence-corrected chi connectivity index (χ3v) is 6.23. The van der Waals surface area contributed by atoms with Gasteiger partial charge in [0.1, 0.15) is 5.01 Å². The summed E-state index contributed by atoms with van der Waals surface area (Å²) in [5, 5.41) is 16.1. The van der Waals surface area contributed by atoms with Crippen molar-refractivity contribution in [1.82, 2.24) is 24.8 Å². The van der Waals surface area contributed by atoms with Crippen molar-refractivity contribution < 1.29 is 4.79 Å². The van der Waals surface area contributed by atoms with Crippen molar-refractivity contribution in [3.05, 3.63) is 63.0 Å². The number of hydrogen-bond donors (Lipinski definition) is 1. The fraction of sp³-hybridized carbons (Fsp3) is 0.125. The third kappa shape index (κ3) is 4.04. The van der Waals surface area contributed by atoms with Gasteiger partial charge in [0.25, 0.3) is 11.5 Å². The third-order valence-electron chi connectivity index (χ3n) is 3.41. The summed E-state index contributed by atoms with van der Waals surface area (Å²) >= 11 is 4.05. The van der Waals surface area contributed by atoms with Gasteiger partial charge in [-0.2, -0.15) is 9.61 Å². The van der Waals surface area contributed by atoms with E-state index in [-0.39, 0.29) is 11.5 Å². The van der Waals surface area contributed by atoms with Crippen molar-refractivity contribution >= 4 is 50.4 Å². The van der Waals surface area contributed by atoms with Crippen molar-refractivity contribution in [3.63, 3.8) is 0 Å². The molecular weight excluding hydrogens is 404 g/mol. The largest absolute Gasteiger partial charge is 0.296 e. The topological polar surface area (TPSA) is 102 Å². The summed E-state index contributed by atoms with van der Waals surface area (Å²) < 4.78 is 1.98. The molecule has 0 saturated carbocycles. The van der Waals surface area contributed by atoms with E-state index in [1.807, 2.05) is 13.0 Å². The summed E-state index contributed by atoms with van der Waals surface area (Å²) in [5.74, 6) is 0.244. The molecule has 8 nitrogen and oxygen atoms in total. The summed E-state index contributed by atoms with van der Waals surface area (Å²) in [6.45, 7) is 1.83. The van der Waals surface area contributed by atoms with Gasteiger partial charge in [-0.25, -0.2) is 4.98 Å². The lowest BCUT2D eigenvalue weighted by atomic mass is 10.2. The number of anilines is 1. The quantitative estimate of drug-likeness (QED) is 0.394. The maximum Gasteiger partial charge on any atom is 0.275 e. The SMILES string of the molecule is Cc1nn2c(=O)cc(CSc3nnc(NC(=O)c4ccccc4)s3)nc2s1. The summed E-state index contributed by atoms with van der Waals surface area (Å²) in [5.41, 5.74) is 1.01. The first-order valence-electron chi connectivity index (χ1n) is 7.77. The highest BCUT2D eigenvalue weighted by Gasteiger charge is 2.12. The van der Waals surface area contributed by atoms with E-state index < -0.39 is 0 Å². The number of nitrogens with one attached hydrogen (secondary N) is 1. The van der Waals surface area contributed by atoms with Gasteiger partial charge in [-0.3, -0.25) is 14.9 Å². The molecule has 0 atom stereocenters. The lowest BCUT2D eigenvalue weighted by molar-refractivity contribution is 0.102. The van der Waals surface area contributed by atoms with Crippen LogP contribution in [-0.2, 0) is 5.75 Å². The molecule has 3 heterocycles. The van der Waals surface area contributed by atoms with Gasteiger partial charge in [-0.15, -0.1) is 10.2 Å². The van der Waals surface area contributed by atoms with Crippen molar-refractivity contribution in [3.8, 4) is 0 Å². The Bertz CT molecular complexity index is 1170. The second-order valence-corrected chi connectivity index (χ2v) is 8.74. The second kappa shape index (κ2) is 7.55. The Morgan fingerprint density at radius 3 is 2.85 bits per heavy atom. The number of amides is 1. The van der Waals surface area contributed by atoms with E-state index in [1.54, 1.807) is 24.3 Å². The molecule has 0 aliphatic rings. The van der Waals surface area contributed by atoms with Crippen LogP contribution in [0.3, 0.4) is 0 Å². The molecule has 3 aromatic heterocycles. The van der Waals surface area contributed by atoms with E-state index in [4.69, 9.17) is 0 Å². The first-order valence-corrected chi connectivity index (χ1v) is 10.4. The molecule has 1 aromatic carbocycles. The number of rotatable bonds is 5. The number of aromatic nitrogens is 5. The lowest BCUT2D eigenvalue weighted by Gasteiger charge is -1.99. The van der Waals surface area contributed by atoms with E-state index in [2.05, 4.69) is 25.6 Å². The lowest BCUT2D eigenvalue weighted by Crippen LogP contribution is -2.15. The van der Waals surface area contributed by atoms with Crippen LogP contribution in [0.15, 0.2) is 45.5 Å². The normalized spacial score (nSPS) is 11.0. The predicted octanol–water partition coefficient (Wildman–Crippen LogP) is 2.86. The maximum absolute atomic E-state index is 12.1. The smallest absolute Gasteiger partial charge is 0.275 e. The fourth-order valence-electron chi connectivity index (χ4n) is 2.24. The van der Waals surface area contributed by atoms with Crippen LogP contribution in [0.5, 0.6) is 0 Å². The van der Waals surface area contributed by atoms with Crippen LogP contribution in [0.2, 0.25) is 0 Å². The first-order chi connectivity index (χ1) is 13.1. The molecule has 0 fully saturated rings. The number of nitrogens with zero attached hydrogens (tertiary/aromatic N) is 5. The van der Waals surface area contributed by atoms with Crippen LogP contribution in [0.4, 0.5) is 5.13 Å². The second-order valence-electron chi connectivity index (χ2n) is 5.38. The van der Waals surface area contributed by atoms with Gasteiger partial charge >= 0.3 is 0 Å². The highest BCUT2D eigenvalue weighted by atomic mass is 32.2. The Balaban J connectivity index is 1.42. The molecule has 0 aliphatic heterocycles. The number of carbonyl (C=O) groups excluding carboxylic acids is 1. The van der Waals surface area contributed by atoms with Gasteiger partial charge in [0.2, 0.25) is 10.1 Å². The molecule has 4 rings (SSSR count). The van der Waals surface area contributed by atoms with Crippen molar-refractivity contribution in [2.75, 3.05) is 5.32 Å². The highest BCUT2D eigenvalue weighted by Crippen LogP contribution is 2.28. The summed E-state index contributed by atoms with van der Waals surface area (Å²) in [7, 11) is 0. The molecule has 1 amide bonds. The maximum atomic E-state index is 12.1. The molecule has 0 saturated heterocycles.